The standard InChI is InChI=1S/C19H19ClN4O3S/c1-19(13-6-7-13)16(26)24(17(27)22-19)11-15(25)21-18-23(8-9-28-18)10-12-4-2-3-5-14(12)20/h2-5,8-9,13H,6-7,10-11H2,1H3,(H,22,27). The molecule has 2 fully saturated rings. The van der Waals surface area contributed by atoms with Gasteiger partial charge in [0.25, 0.3) is 11.8 Å². The van der Waals surface area contributed by atoms with Gasteiger partial charge in [-0.1, -0.05) is 29.8 Å². The summed E-state index contributed by atoms with van der Waals surface area (Å²) in [6.07, 6.45) is 3.63. The number of urea groups is 1. The summed E-state index contributed by atoms with van der Waals surface area (Å²) >= 11 is 7.51. The van der Waals surface area contributed by atoms with Gasteiger partial charge in [0, 0.05) is 16.6 Å². The molecule has 0 spiro atoms. The van der Waals surface area contributed by atoms with E-state index in [-0.39, 0.29) is 18.4 Å². The van der Waals surface area contributed by atoms with Gasteiger partial charge < -0.3 is 9.88 Å². The zero-order chi connectivity index (χ0) is 19.9. The lowest BCUT2D eigenvalue weighted by molar-refractivity contribution is -0.134. The highest BCUT2D eigenvalue weighted by Gasteiger charge is 2.56. The summed E-state index contributed by atoms with van der Waals surface area (Å²) in [4.78, 5) is 42.9. The van der Waals surface area contributed by atoms with Crippen molar-refractivity contribution in [1.29, 1.82) is 0 Å². The van der Waals surface area contributed by atoms with Crippen LogP contribution in [0, 0.1) is 5.92 Å². The van der Waals surface area contributed by atoms with Gasteiger partial charge in [-0.3, -0.25) is 14.5 Å². The number of rotatable bonds is 5. The van der Waals surface area contributed by atoms with Crippen LogP contribution in [0.4, 0.5) is 4.79 Å². The van der Waals surface area contributed by atoms with Crippen LogP contribution in [-0.4, -0.2) is 39.4 Å². The zero-order valence-electron chi connectivity index (χ0n) is 15.2. The Morgan fingerprint density at radius 1 is 1.36 bits per heavy atom. The van der Waals surface area contributed by atoms with E-state index in [1.165, 1.54) is 11.3 Å². The average Bonchev–Trinajstić information content (AvgIpc) is 3.40. The summed E-state index contributed by atoms with van der Waals surface area (Å²) in [5, 5.41) is 5.19. The monoisotopic (exact) mass is 418 g/mol. The number of benzene rings is 1. The van der Waals surface area contributed by atoms with Gasteiger partial charge in [0.2, 0.25) is 0 Å². The summed E-state index contributed by atoms with van der Waals surface area (Å²) in [6, 6.07) is 6.93. The molecule has 1 aromatic heterocycles. The summed E-state index contributed by atoms with van der Waals surface area (Å²) in [6.45, 7) is 1.83. The predicted molar refractivity (Wildman–Crippen MR) is 105 cm³/mol. The van der Waals surface area contributed by atoms with Gasteiger partial charge in [-0.15, -0.1) is 11.3 Å². The molecule has 2 aromatic rings. The van der Waals surface area contributed by atoms with Gasteiger partial charge in [0.15, 0.2) is 4.80 Å². The number of hydrogen-bond donors (Lipinski definition) is 1. The van der Waals surface area contributed by atoms with Crippen molar-refractivity contribution in [3.05, 3.63) is 51.2 Å². The second-order valence-electron chi connectivity index (χ2n) is 7.21. The Balaban J connectivity index is 1.50. The minimum atomic E-state index is -0.899. The summed E-state index contributed by atoms with van der Waals surface area (Å²) in [5.41, 5.74) is 0.00957. The number of halogens is 1. The Bertz CT molecular complexity index is 1030. The molecule has 9 heteroatoms. The summed E-state index contributed by atoms with van der Waals surface area (Å²) < 4.78 is 1.81. The lowest BCUT2D eigenvalue weighted by Crippen LogP contribution is -2.46. The highest BCUT2D eigenvalue weighted by molar-refractivity contribution is 7.07. The normalized spacial score (nSPS) is 22.6. The van der Waals surface area contributed by atoms with E-state index in [1.807, 2.05) is 34.3 Å². The number of hydrogen-bond acceptors (Lipinski definition) is 4. The fourth-order valence-corrected chi connectivity index (χ4v) is 4.33. The first-order chi connectivity index (χ1) is 13.4. The molecule has 1 saturated carbocycles. The number of aromatic nitrogens is 1. The lowest BCUT2D eigenvalue weighted by atomic mass is 9.96. The summed E-state index contributed by atoms with van der Waals surface area (Å²) in [7, 11) is 0. The van der Waals surface area contributed by atoms with Crippen LogP contribution in [0.2, 0.25) is 5.02 Å². The van der Waals surface area contributed by atoms with E-state index in [1.54, 1.807) is 13.0 Å². The zero-order valence-corrected chi connectivity index (χ0v) is 16.8. The SMILES string of the molecule is CC1(C2CC2)NC(=O)N(CC(=O)N=c2sccn2Cc2ccccc2Cl)C1=O. The molecule has 1 N–H and O–H groups in total. The van der Waals surface area contributed by atoms with Gasteiger partial charge in [-0.2, -0.15) is 4.99 Å². The lowest BCUT2D eigenvalue weighted by Gasteiger charge is -2.20. The molecule has 1 aliphatic heterocycles. The highest BCUT2D eigenvalue weighted by Crippen LogP contribution is 2.42. The fourth-order valence-electron chi connectivity index (χ4n) is 3.39. The number of nitrogens with zero attached hydrogens (tertiary/aromatic N) is 3. The Hall–Kier alpha value is -2.45. The maximum absolute atomic E-state index is 12.6. The minimum Gasteiger partial charge on any atom is -0.323 e. The van der Waals surface area contributed by atoms with Gasteiger partial charge in [-0.25, -0.2) is 4.79 Å². The molecule has 1 saturated heterocycles. The van der Waals surface area contributed by atoms with Crippen molar-refractivity contribution >= 4 is 40.8 Å². The number of carbonyl (C=O) groups excluding carboxylic acids is 3. The van der Waals surface area contributed by atoms with Crippen molar-refractivity contribution in [1.82, 2.24) is 14.8 Å². The van der Waals surface area contributed by atoms with Gasteiger partial charge in [0.05, 0.1) is 6.54 Å². The number of nitrogens with one attached hydrogen (secondary N) is 1. The number of thiazole rings is 1. The maximum atomic E-state index is 12.6. The van der Waals surface area contributed by atoms with Crippen LogP contribution in [-0.2, 0) is 16.1 Å². The molecule has 2 heterocycles. The van der Waals surface area contributed by atoms with Crippen molar-refractivity contribution in [3.8, 4) is 0 Å². The smallest absolute Gasteiger partial charge is 0.323 e. The van der Waals surface area contributed by atoms with Gasteiger partial charge in [0.1, 0.15) is 12.1 Å². The first-order valence-corrected chi connectivity index (χ1v) is 10.2. The second kappa shape index (κ2) is 7.18. The molecule has 1 atom stereocenters. The molecule has 146 valence electrons. The summed E-state index contributed by atoms with van der Waals surface area (Å²) in [5.74, 6) is -0.742. The van der Waals surface area contributed by atoms with Crippen LogP contribution in [0.25, 0.3) is 0 Å². The fraction of sp³-hybridized carbons (Fsp3) is 0.368. The largest absolute Gasteiger partial charge is 0.325 e. The van der Waals surface area contributed by atoms with Gasteiger partial charge >= 0.3 is 6.03 Å². The molecule has 7 nitrogen and oxygen atoms in total. The maximum Gasteiger partial charge on any atom is 0.325 e. The Labute approximate surface area is 170 Å². The molecule has 1 aliphatic carbocycles. The quantitative estimate of drug-likeness (QED) is 0.757. The van der Waals surface area contributed by atoms with Crippen LogP contribution in [0.3, 0.4) is 0 Å². The number of amides is 4. The minimum absolute atomic E-state index is 0.149. The molecule has 0 radical (unpaired) electrons. The van der Waals surface area contributed by atoms with Crippen LogP contribution >= 0.6 is 22.9 Å². The third-order valence-corrected chi connectivity index (χ3v) is 6.33. The third-order valence-electron chi connectivity index (χ3n) is 5.17. The molecule has 28 heavy (non-hydrogen) atoms. The van der Waals surface area contributed by atoms with Crippen LogP contribution < -0.4 is 10.1 Å². The van der Waals surface area contributed by atoms with E-state index in [0.717, 1.165) is 23.3 Å². The van der Waals surface area contributed by atoms with Crippen LogP contribution in [0.1, 0.15) is 25.3 Å². The molecule has 1 unspecified atom stereocenters. The molecule has 4 amide bonds. The third kappa shape index (κ3) is 3.49. The second-order valence-corrected chi connectivity index (χ2v) is 8.49. The Morgan fingerprint density at radius 2 is 2.11 bits per heavy atom. The first kappa shape index (κ1) is 18.9. The van der Waals surface area contributed by atoms with E-state index < -0.39 is 17.5 Å². The highest BCUT2D eigenvalue weighted by atomic mass is 35.5. The predicted octanol–water partition coefficient (Wildman–Crippen LogP) is 2.40. The van der Waals surface area contributed by atoms with Crippen LogP contribution in [0.5, 0.6) is 0 Å². The van der Waals surface area contributed by atoms with Crippen molar-refractivity contribution < 1.29 is 14.4 Å². The van der Waals surface area contributed by atoms with E-state index in [4.69, 9.17) is 11.6 Å². The van der Waals surface area contributed by atoms with Gasteiger partial charge in [-0.05, 0) is 37.3 Å². The topological polar surface area (TPSA) is 83.8 Å². The molecule has 2 aliphatic rings. The molecule has 1 aromatic carbocycles. The van der Waals surface area contributed by atoms with E-state index >= 15 is 0 Å². The molecule has 4 rings (SSSR count). The number of imide groups is 1. The van der Waals surface area contributed by atoms with Crippen molar-refractivity contribution in [2.24, 2.45) is 10.9 Å². The van der Waals surface area contributed by atoms with Crippen molar-refractivity contribution in [2.75, 3.05) is 6.54 Å². The first-order valence-electron chi connectivity index (χ1n) is 8.97. The Morgan fingerprint density at radius 3 is 2.82 bits per heavy atom. The van der Waals surface area contributed by atoms with E-state index in [9.17, 15) is 14.4 Å². The van der Waals surface area contributed by atoms with Crippen molar-refractivity contribution in [3.63, 3.8) is 0 Å². The molecular weight excluding hydrogens is 400 g/mol. The molecular formula is C19H19ClN4O3S. The van der Waals surface area contributed by atoms with E-state index in [0.29, 0.717) is 16.4 Å². The van der Waals surface area contributed by atoms with Crippen molar-refractivity contribution in [2.45, 2.75) is 31.8 Å². The van der Waals surface area contributed by atoms with E-state index in [2.05, 4.69) is 10.3 Å². The number of carbonyl (C=O) groups is 3. The van der Waals surface area contributed by atoms with Crippen LogP contribution in [0.15, 0.2) is 40.8 Å². The Kier molecular flexibility index (Phi) is 4.84. The molecule has 0 bridgehead atoms. The average molecular weight is 419 g/mol.